The minimum atomic E-state index is -2.14. The maximum absolute atomic E-state index is 5.49. The summed E-state index contributed by atoms with van der Waals surface area (Å²) in [6, 6.07) is 0. The van der Waals surface area contributed by atoms with Gasteiger partial charge < -0.3 is 0 Å². The zero-order valence-corrected chi connectivity index (χ0v) is 10.2. The van der Waals surface area contributed by atoms with Crippen molar-refractivity contribution in [3.8, 4) is 0 Å². The molecule has 0 radical (unpaired) electrons. The van der Waals surface area contributed by atoms with Gasteiger partial charge in [-0.3, -0.25) is 16.1 Å². The van der Waals surface area contributed by atoms with E-state index in [0.29, 0.717) is 0 Å². The van der Waals surface area contributed by atoms with Crippen molar-refractivity contribution in [2.75, 3.05) is 6.54 Å². The van der Waals surface area contributed by atoms with E-state index >= 15 is 0 Å². The van der Waals surface area contributed by atoms with Crippen LogP contribution >= 0.6 is 6.49 Å². The second-order valence-electron chi connectivity index (χ2n) is 3.39. The molecule has 13 heavy (non-hydrogen) atoms. The second kappa shape index (κ2) is 7.89. The molecule has 0 atom stereocenters. The Balaban J connectivity index is 3.04. The van der Waals surface area contributed by atoms with Crippen molar-refractivity contribution in [3.05, 3.63) is 0 Å². The third-order valence-electron chi connectivity index (χ3n) is 1.89. The molecule has 0 fully saturated rings. The Hall–Kier alpha value is 0.530. The van der Waals surface area contributed by atoms with E-state index in [1.807, 2.05) is 0 Å². The lowest BCUT2D eigenvalue weighted by atomic mass is 10.1. The van der Waals surface area contributed by atoms with E-state index in [-0.39, 0.29) is 0 Å². The maximum atomic E-state index is 5.49. The Morgan fingerprint density at radius 3 is 2.15 bits per heavy atom. The van der Waals surface area contributed by atoms with E-state index in [1.165, 1.54) is 32.1 Å². The average molecular weight is 223 g/mol. The summed E-state index contributed by atoms with van der Waals surface area (Å²) >= 11 is 4.86. The van der Waals surface area contributed by atoms with Crippen LogP contribution in [0.5, 0.6) is 0 Å². The summed E-state index contributed by atoms with van der Waals surface area (Å²) in [5, 5.41) is 2.99. The fourth-order valence-electron chi connectivity index (χ4n) is 1.16. The van der Waals surface area contributed by atoms with Gasteiger partial charge in [0.15, 0.2) is 0 Å². The molecule has 0 amide bonds. The predicted octanol–water partition coefficient (Wildman–Crippen LogP) is 2.08. The fraction of sp³-hybridized carbons (Fsp3) is 1.00. The Bertz CT molecular complexity index is 157. The van der Waals surface area contributed by atoms with Crippen molar-refractivity contribution in [2.45, 2.75) is 45.4 Å². The van der Waals surface area contributed by atoms with E-state index < -0.39 is 6.49 Å². The number of hydrogen-bond donors (Lipinski definition) is 3. The van der Waals surface area contributed by atoms with E-state index in [2.05, 4.69) is 12.0 Å². The van der Waals surface area contributed by atoms with Crippen LogP contribution in [-0.2, 0) is 11.8 Å². The van der Waals surface area contributed by atoms with Gasteiger partial charge in [-0.05, 0) is 18.2 Å². The van der Waals surface area contributed by atoms with Crippen molar-refractivity contribution >= 4 is 18.3 Å². The molecule has 0 aliphatic carbocycles. The van der Waals surface area contributed by atoms with Crippen LogP contribution in [0.1, 0.15) is 45.4 Å². The standard InChI is InChI=1S/C8H22N3PS/c1-2-3-4-5-6-7-8-11-12(9,10)13/h2-8H2,1H3,(H5,9,10,11,13). The summed E-state index contributed by atoms with van der Waals surface area (Å²) in [4.78, 5) is 0. The van der Waals surface area contributed by atoms with Crippen molar-refractivity contribution in [1.29, 1.82) is 0 Å². The van der Waals surface area contributed by atoms with Gasteiger partial charge in [0.1, 0.15) is 6.49 Å². The highest BCUT2D eigenvalue weighted by Crippen LogP contribution is 2.17. The zero-order valence-electron chi connectivity index (χ0n) is 8.46. The summed E-state index contributed by atoms with van der Waals surface area (Å²) in [5.74, 6) is 0. The Labute approximate surface area is 86.8 Å². The molecule has 0 spiro atoms. The van der Waals surface area contributed by atoms with E-state index in [9.17, 15) is 0 Å². The molecule has 0 saturated carbocycles. The highest BCUT2D eigenvalue weighted by Gasteiger charge is 1.99. The average Bonchev–Trinajstić information content (AvgIpc) is 2.01. The molecule has 3 nitrogen and oxygen atoms in total. The monoisotopic (exact) mass is 223 g/mol. The minimum absolute atomic E-state index is 0.871. The first-order chi connectivity index (χ1) is 6.06. The fourth-order valence-corrected chi connectivity index (χ4v) is 1.94. The van der Waals surface area contributed by atoms with Crippen LogP contribution in [0, 0.1) is 0 Å². The quantitative estimate of drug-likeness (QED) is 0.435. The second-order valence-corrected chi connectivity index (χ2v) is 6.93. The first kappa shape index (κ1) is 13.5. The van der Waals surface area contributed by atoms with Crippen LogP contribution < -0.4 is 16.1 Å². The molecule has 0 rings (SSSR count). The molecule has 0 unspecified atom stereocenters. The number of nitrogens with two attached hydrogens (primary N) is 2. The summed E-state index contributed by atoms with van der Waals surface area (Å²) in [5.41, 5.74) is 11.0. The minimum Gasteiger partial charge on any atom is -0.280 e. The van der Waals surface area contributed by atoms with Gasteiger partial charge in [-0.1, -0.05) is 39.0 Å². The van der Waals surface area contributed by atoms with Gasteiger partial charge in [-0.25, -0.2) is 0 Å². The molecule has 5 N–H and O–H groups in total. The first-order valence-electron chi connectivity index (χ1n) is 4.98. The molecular formula is C8H22N3PS. The zero-order chi connectivity index (χ0) is 10.2. The highest BCUT2D eigenvalue weighted by molar-refractivity contribution is 8.11. The van der Waals surface area contributed by atoms with Crippen molar-refractivity contribution in [1.82, 2.24) is 5.09 Å². The highest BCUT2D eigenvalue weighted by atomic mass is 32.4. The summed E-state index contributed by atoms with van der Waals surface area (Å²) in [7, 11) is 0. The lowest BCUT2D eigenvalue weighted by molar-refractivity contribution is 0.605. The third kappa shape index (κ3) is 12.5. The molecule has 0 heterocycles. The van der Waals surface area contributed by atoms with E-state index in [1.54, 1.807) is 0 Å². The first-order valence-corrected chi connectivity index (χ1v) is 7.92. The van der Waals surface area contributed by atoms with E-state index in [0.717, 1.165) is 13.0 Å². The number of hydrogen-bond acceptors (Lipinski definition) is 1. The van der Waals surface area contributed by atoms with Crippen LogP contribution in [-0.4, -0.2) is 6.54 Å². The van der Waals surface area contributed by atoms with Crippen molar-refractivity contribution in [2.24, 2.45) is 11.0 Å². The third-order valence-corrected chi connectivity index (χ3v) is 2.99. The van der Waals surface area contributed by atoms with Gasteiger partial charge in [0.05, 0.1) is 0 Å². The smallest absolute Gasteiger partial charge is 0.132 e. The van der Waals surface area contributed by atoms with Gasteiger partial charge in [-0.15, -0.1) is 0 Å². The molecule has 0 aromatic carbocycles. The maximum Gasteiger partial charge on any atom is 0.132 e. The lowest BCUT2D eigenvalue weighted by Crippen LogP contribution is -2.22. The molecule has 0 bridgehead atoms. The van der Waals surface area contributed by atoms with Crippen LogP contribution in [0.4, 0.5) is 0 Å². The summed E-state index contributed by atoms with van der Waals surface area (Å²) < 4.78 is 0. The summed E-state index contributed by atoms with van der Waals surface area (Å²) in [6.07, 6.45) is 7.69. The van der Waals surface area contributed by atoms with Gasteiger partial charge >= 0.3 is 0 Å². The molecular weight excluding hydrogens is 201 g/mol. The molecule has 0 aromatic heterocycles. The molecule has 5 heteroatoms. The Morgan fingerprint density at radius 1 is 1.08 bits per heavy atom. The normalized spacial score (nSPS) is 11.9. The van der Waals surface area contributed by atoms with Crippen LogP contribution in [0.15, 0.2) is 0 Å². The Kier molecular flexibility index (Phi) is 8.21. The number of unbranched alkanes of at least 4 members (excludes halogenated alkanes) is 5. The lowest BCUT2D eigenvalue weighted by Gasteiger charge is -2.11. The van der Waals surface area contributed by atoms with E-state index in [4.69, 9.17) is 22.8 Å². The molecule has 0 aromatic rings. The molecule has 80 valence electrons. The SMILES string of the molecule is CCCCCCCCNP(N)(N)=S. The molecule has 0 aliphatic heterocycles. The van der Waals surface area contributed by atoms with Crippen LogP contribution in [0.3, 0.4) is 0 Å². The topological polar surface area (TPSA) is 64.1 Å². The Morgan fingerprint density at radius 2 is 1.62 bits per heavy atom. The number of rotatable bonds is 8. The molecule has 0 saturated heterocycles. The largest absolute Gasteiger partial charge is 0.280 e. The van der Waals surface area contributed by atoms with Gasteiger partial charge in [-0.2, -0.15) is 0 Å². The van der Waals surface area contributed by atoms with Gasteiger partial charge in [0.25, 0.3) is 0 Å². The predicted molar refractivity (Wildman–Crippen MR) is 64.0 cm³/mol. The van der Waals surface area contributed by atoms with Gasteiger partial charge in [0, 0.05) is 6.54 Å². The molecule has 0 aliphatic rings. The van der Waals surface area contributed by atoms with Crippen LogP contribution in [0.25, 0.3) is 0 Å². The summed E-state index contributed by atoms with van der Waals surface area (Å²) in [6.45, 7) is 0.950. The van der Waals surface area contributed by atoms with Gasteiger partial charge in [0.2, 0.25) is 0 Å². The van der Waals surface area contributed by atoms with Crippen molar-refractivity contribution in [3.63, 3.8) is 0 Å². The van der Waals surface area contributed by atoms with Crippen molar-refractivity contribution < 1.29 is 0 Å². The van der Waals surface area contributed by atoms with Crippen LogP contribution in [0.2, 0.25) is 0 Å². The number of nitrogens with one attached hydrogen (secondary N) is 1.